The summed E-state index contributed by atoms with van der Waals surface area (Å²) in [5, 5.41) is 5.84. The van der Waals surface area contributed by atoms with Gasteiger partial charge in [-0.2, -0.15) is 0 Å². The highest BCUT2D eigenvalue weighted by Crippen LogP contribution is 2.18. The molecule has 2 fully saturated rings. The highest BCUT2D eigenvalue weighted by molar-refractivity contribution is 5.88. The van der Waals surface area contributed by atoms with Crippen molar-refractivity contribution in [3.63, 3.8) is 0 Å². The quantitative estimate of drug-likeness (QED) is 0.884. The second-order valence-electron chi connectivity index (χ2n) is 6.26. The number of piperazine rings is 1. The maximum atomic E-state index is 12.0. The molecule has 1 saturated heterocycles. The van der Waals surface area contributed by atoms with Gasteiger partial charge < -0.3 is 15.1 Å². The Morgan fingerprint density at radius 1 is 1.22 bits per heavy atom. The van der Waals surface area contributed by atoms with Crippen LogP contribution in [-0.2, 0) is 0 Å². The molecule has 0 atom stereocenters. The minimum absolute atomic E-state index is 0.169. The number of anilines is 2. The van der Waals surface area contributed by atoms with E-state index < -0.39 is 0 Å². The zero-order chi connectivity index (χ0) is 16.1. The SMILES string of the molecule is CCN1CCN(c2cc(NC(=O)NC3CCCC3)ncn2)CC1. The molecule has 2 heterocycles. The van der Waals surface area contributed by atoms with Gasteiger partial charge in [0, 0.05) is 38.3 Å². The van der Waals surface area contributed by atoms with Crippen LogP contribution in [0.1, 0.15) is 32.6 Å². The first kappa shape index (κ1) is 16.0. The molecule has 1 aromatic heterocycles. The molecule has 1 aromatic rings. The van der Waals surface area contributed by atoms with Crippen molar-refractivity contribution in [3.05, 3.63) is 12.4 Å². The number of rotatable bonds is 4. The van der Waals surface area contributed by atoms with Crippen LogP contribution in [0, 0.1) is 0 Å². The minimum atomic E-state index is -0.169. The molecule has 1 saturated carbocycles. The molecule has 0 spiro atoms. The number of aromatic nitrogens is 2. The van der Waals surface area contributed by atoms with Crippen LogP contribution in [0.4, 0.5) is 16.4 Å². The number of carbonyl (C=O) groups excluding carboxylic acids is 1. The van der Waals surface area contributed by atoms with Crippen molar-refractivity contribution in [1.82, 2.24) is 20.2 Å². The Bertz CT molecular complexity index is 523. The largest absolute Gasteiger partial charge is 0.354 e. The summed E-state index contributed by atoms with van der Waals surface area (Å²) in [6.45, 7) is 7.28. The Morgan fingerprint density at radius 2 is 1.96 bits per heavy atom. The Kier molecular flexibility index (Phi) is 5.27. The molecule has 7 nitrogen and oxygen atoms in total. The highest BCUT2D eigenvalue weighted by Gasteiger charge is 2.19. The van der Waals surface area contributed by atoms with Crippen molar-refractivity contribution in [1.29, 1.82) is 0 Å². The zero-order valence-electron chi connectivity index (χ0n) is 13.8. The van der Waals surface area contributed by atoms with Gasteiger partial charge in [0.15, 0.2) is 0 Å². The first-order valence-electron chi connectivity index (χ1n) is 8.61. The van der Waals surface area contributed by atoms with Gasteiger partial charge in [-0.1, -0.05) is 19.8 Å². The van der Waals surface area contributed by atoms with E-state index in [-0.39, 0.29) is 6.03 Å². The molecular formula is C16H26N6O. The summed E-state index contributed by atoms with van der Waals surface area (Å²) < 4.78 is 0. The number of nitrogens with one attached hydrogen (secondary N) is 2. The summed E-state index contributed by atoms with van der Waals surface area (Å²) in [7, 11) is 0. The van der Waals surface area contributed by atoms with Gasteiger partial charge in [-0.05, 0) is 19.4 Å². The standard InChI is InChI=1S/C16H26N6O/c1-2-21-7-9-22(10-8-21)15-11-14(17-12-18-15)20-16(23)19-13-5-3-4-6-13/h11-13H,2-10H2,1H3,(H2,17,18,19,20,23). The van der Waals surface area contributed by atoms with Crippen LogP contribution >= 0.6 is 0 Å². The van der Waals surface area contributed by atoms with Crippen LogP contribution in [0.2, 0.25) is 0 Å². The van der Waals surface area contributed by atoms with Crippen molar-refractivity contribution >= 4 is 17.7 Å². The van der Waals surface area contributed by atoms with Gasteiger partial charge in [0.25, 0.3) is 0 Å². The van der Waals surface area contributed by atoms with E-state index in [1.165, 1.54) is 19.2 Å². The van der Waals surface area contributed by atoms with Gasteiger partial charge in [0.1, 0.15) is 18.0 Å². The Hall–Kier alpha value is -1.89. The van der Waals surface area contributed by atoms with E-state index in [0.29, 0.717) is 11.9 Å². The predicted molar refractivity (Wildman–Crippen MR) is 90.8 cm³/mol. The van der Waals surface area contributed by atoms with Gasteiger partial charge in [-0.25, -0.2) is 14.8 Å². The maximum Gasteiger partial charge on any atom is 0.320 e. The van der Waals surface area contributed by atoms with Crippen molar-refractivity contribution < 1.29 is 4.79 Å². The third-order valence-electron chi connectivity index (χ3n) is 4.73. The van der Waals surface area contributed by atoms with Gasteiger partial charge >= 0.3 is 6.03 Å². The molecule has 0 aromatic carbocycles. The molecule has 7 heteroatoms. The fourth-order valence-corrected chi connectivity index (χ4v) is 3.29. The fourth-order valence-electron chi connectivity index (χ4n) is 3.29. The molecule has 0 radical (unpaired) electrons. The lowest BCUT2D eigenvalue weighted by atomic mass is 10.2. The second-order valence-corrected chi connectivity index (χ2v) is 6.26. The molecule has 0 bridgehead atoms. The summed E-state index contributed by atoms with van der Waals surface area (Å²) in [6.07, 6.45) is 6.07. The number of nitrogens with zero attached hydrogens (tertiary/aromatic N) is 4. The Morgan fingerprint density at radius 3 is 2.65 bits per heavy atom. The summed E-state index contributed by atoms with van der Waals surface area (Å²) in [5.41, 5.74) is 0. The molecule has 0 unspecified atom stereocenters. The first-order valence-corrected chi connectivity index (χ1v) is 8.61. The fraction of sp³-hybridized carbons (Fsp3) is 0.688. The average Bonchev–Trinajstić information content (AvgIpc) is 3.08. The minimum Gasteiger partial charge on any atom is -0.354 e. The molecule has 23 heavy (non-hydrogen) atoms. The van der Waals surface area contributed by atoms with Crippen molar-refractivity contribution in [2.45, 2.75) is 38.6 Å². The highest BCUT2D eigenvalue weighted by atomic mass is 16.2. The monoisotopic (exact) mass is 318 g/mol. The smallest absolute Gasteiger partial charge is 0.320 e. The van der Waals surface area contributed by atoms with Crippen molar-refractivity contribution in [3.8, 4) is 0 Å². The van der Waals surface area contributed by atoms with Gasteiger partial charge in [-0.15, -0.1) is 0 Å². The number of amides is 2. The van der Waals surface area contributed by atoms with Crippen molar-refractivity contribution in [2.24, 2.45) is 0 Å². The molecule has 1 aliphatic carbocycles. The third-order valence-corrected chi connectivity index (χ3v) is 4.73. The summed E-state index contributed by atoms with van der Waals surface area (Å²) >= 11 is 0. The summed E-state index contributed by atoms with van der Waals surface area (Å²) in [6, 6.07) is 1.99. The van der Waals surface area contributed by atoms with Crippen LogP contribution in [0.3, 0.4) is 0 Å². The number of likely N-dealkylation sites (N-methyl/N-ethyl adjacent to an activating group) is 1. The lowest BCUT2D eigenvalue weighted by Gasteiger charge is -2.34. The first-order chi connectivity index (χ1) is 11.2. The molecule has 3 rings (SSSR count). The van der Waals surface area contributed by atoms with E-state index in [1.54, 1.807) is 0 Å². The maximum absolute atomic E-state index is 12.0. The number of urea groups is 1. The molecule has 2 N–H and O–H groups in total. The second kappa shape index (κ2) is 7.59. The normalized spacial score (nSPS) is 19.8. The number of carbonyl (C=O) groups is 1. The van der Waals surface area contributed by atoms with Crippen LogP contribution in [-0.4, -0.2) is 59.7 Å². The van der Waals surface area contributed by atoms with E-state index >= 15 is 0 Å². The molecule has 2 amide bonds. The van der Waals surface area contributed by atoms with E-state index in [0.717, 1.165) is 51.4 Å². The van der Waals surface area contributed by atoms with Gasteiger partial charge in [0.2, 0.25) is 0 Å². The van der Waals surface area contributed by atoms with Crippen LogP contribution in [0.5, 0.6) is 0 Å². The molecule has 126 valence electrons. The van der Waals surface area contributed by atoms with E-state index in [4.69, 9.17) is 0 Å². The van der Waals surface area contributed by atoms with E-state index in [9.17, 15) is 4.79 Å². The van der Waals surface area contributed by atoms with E-state index in [1.807, 2.05) is 6.07 Å². The summed E-state index contributed by atoms with van der Waals surface area (Å²) in [4.78, 5) is 25.2. The number of hydrogen-bond donors (Lipinski definition) is 2. The van der Waals surface area contributed by atoms with Gasteiger partial charge in [0.05, 0.1) is 0 Å². The average molecular weight is 318 g/mol. The third kappa shape index (κ3) is 4.31. The Balaban J connectivity index is 1.55. The topological polar surface area (TPSA) is 73.4 Å². The zero-order valence-corrected chi connectivity index (χ0v) is 13.8. The number of hydrogen-bond acceptors (Lipinski definition) is 5. The lowest BCUT2D eigenvalue weighted by molar-refractivity contribution is 0.248. The lowest BCUT2D eigenvalue weighted by Crippen LogP contribution is -2.46. The van der Waals surface area contributed by atoms with Gasteiger partial charge in [-0.3, -0.25) is 5.32 Å². The van der Waals surface area contributed by atoms with Crippen LogP contribution < -0.4 is 15.5 Å². The summed E-state index contributed by atoms with van der Waals surface area (Å²) in [5.74, 6) is 1.44. The predicted octanol–water partition coefficient (Wildman–Crippen LogP) is 1.68. The molecule has 1 aliphatic heterocycles. The Labute approximate surface area is 137 Å². The molecular weight excluding hydrogens is 292 g/mol. The molecule has 2 aliphatic rings. The van der Waals surface area contributed by atoms with E-state index in [2.05, 4.69) is 37.3 Å². The van der Waals surface area contributed by atoms with Crippen molar-refractivity contribution in [2.75, 3.05) is 42.9 Å². The van der Waals surface area contributed by atoms with Crippen LogP contribution in [0.15, 0.2) is 12.4 Å². The van der Waals surface area contributed by atoms with Crippen LogP contribution in [0.25, 0.3) is 0 Å².